The number of carbonyl (C=O) groups excluding carboxylic acids is 1. The molecule has 0 saturated heterocycles. The lowest BCUT2D eigenvalue weighted by Gasteiger charge is -1.99. The topological polar surface area (TPSA) is 122 Å². The molecule has 0 fully saturated rings. The summed E-state index contributed by atoms with van der Waals surface area (Å²) in [5, 5.41) is 18.9. The van der Waals surface area contributed by atoms with Crippen molar-refractivity contribution in [2.75, 3.05) is 16.8 Å². The molecule has 0 saturated carbocycles. The number of thioether (sulfide) groups is 1. The van der Waals surface area contributed by atoms with Gasteiger partial charge in [-0.05, 0) is 5.92 Å². The van der Waals surface area contributed by atoms with Gasteiger partial charge in [-0.1, -0.05) is 36.9 Å². The Labute approximate surface area is 124 Å². The van der Waals surface area contributed by atoms with E-state index in [0.717, 1.165) is 11.4 Å². The number of nitrogens with two attached hydrogens (primary N) is 1. The minimum Gasteiger partial charge on any atom is -0.368 e. The van der Waals surface area contributed by atoms with Crippen molar-refractivity contribution >= 4 is 40.1 Å². The monoisotopic (exact) mass is 313 g/mol. The summed E-state index contributed by atoms with van der Waals surface area (Å²) in [6.07, 6.45) is 0.860. The molecule has 2 aromatic heterocycles. The molecule has 0 bridgehead atoms. The average Bonchev–Trinajstić information content (AvgIpc) is 2.95. The number of nitrogens with zero attached hydrogens (tertiary/aromatic N) is 4. The van der Waals surface area contributed by atoms with Gasteiger partial charge in [-0.25, -0.2) is 5.10 Å². The van der Waals surface area contributed by atoms with Gasteiger partial charge in [-0.3, -0.25) is 10.1 Å². The number of hydrogen-bond donors (Lipinski definition) is 3. The molecule has 8 nitrogen and oxygen atoms in total. The largest absolute Gasteiger partial charge is 0.368 e. The summed E-state index contributed by atoms with van der Waals surface area (Å²) in [6.45, 7) is 4.22. The Morgan fingerprint density at radius 1 is 1.50 bits per heavy atom. The second kappa shape index (κ2) is 6.66. The molecule has 20 heavy (non-hydrogen) atoms. The second-order valence-electron chi connectivity index (χ2n) is 4.44. The van der Waals surface area contributed by atoms with Crippen LogP contribution in [0.25, 0.3) is 0 Å². The first-order chi connectivity index (χ1) is 9.52. The van der Waals surface area contributed by atoms with Crippen LogP contribution in [0.4, 0.5) is 11.1 Å². The van der Waals surface area contributed by atoms with Crippen LogP contribution in [0.15, 0.2) is 5.16 Å². The highest BCUT2D eigenvalue weighted by molar-refractivity contribution is 7.99. The fourth-order valence-corrected chi connectivity index (χ4v) is 2.92. The fraction of sp³-hybridized carbons (Fsp3) is 0.500. The Bertz CT molecular complexity index is 580. The highest BCUT2D eigenvalue weighted by Gasteiger charge is 2.11. The van der Waals surface area contributed by atoms with Crippen molar-refractivity contribution in [1.82, 2.24) is 25.4 Å². The van der Waals surface area contributed by atoms with Crippen molar-refractivity contribution in [2.45, 2.75) is 25.4 Å². The van der Waals surface area contributed by atoms with E-state index in [9.17, 15) is 4.79 Å². The van der Waals surface area contributed by atoms with Crippen molar-refractivity contribution in [1.29, 1.82) is 0 Å². The molecule has 0 aliphatic heterocycles. The Morgan fingerprint density at radius 3 is 2.95 bits per heavy atom. The van der Waals surface area contributed by atoms with Crippen LogP contribution < -0.4 is 11.1 Å². The van der Waals surface area contributed by atoms with Crippen LogP contribution in [0.2, 0.25) is 0 Å². The number of H-pyrrole nitrogens is 1. The van der Waals surface area contributed by atoms with Gasteiger partial charge in [-0.2, -0.15) is 4.98 Å². The van der Waals surface area contributed by atoms with Gasteiger partial charge in [0, 0.05) is 6.42 Å². The number of aromatic amines is 1. The summed E-state index contributed by atoms with van der Waals surface area (Å²) >= 11 is 2.59. The average molecular weight is 313 g/mol. The van der Waals surface area contributed by atoms with Gasteiger partial charge in [0.25, 0.3) is 0 Å². The van der Waals surface area contributed by atoms with Gasteiger partial charge in [0.1, 0.15) is 5.01 Å². The number of carbonyl (C=O) groups is 1. The summed E-state index contributed by atoms with van der Waals surface area (Å²) in [5.41, 5.74) is 5.39. The summed E-state index contributed by atoms with van der Waals surface area (Å²) in [4.78, 5) is 15.6. The molecule has 0 aromatic carbocycles. The van der Waals surface area contributed by atoms with E-state index >= 15 is 0 Å². The van der Waals surface area contributed by atoms with E-state index in [-0.39, 0.29) is 17.6 Å². The number of hydrogen-bond acceptors (Lipinski definition) is 8. The van der Waals surface area contributed by atoms with E-state index in [2.05, 4.69) is 44.5 Å². The molecule has 0 atom stereocenters. The molecule has 1 amide bonds. The zero-order valence-electron chi connectivity index (χ0n) is 11.1. The number of rotatable bonds is 6. The Kier molecular flexibility index (Phi) is 4.90. The van der Waals surface area contributed by atoms with Gasteiger partial charge in [0.2, 0.25) is 22.1 Å². The molecule has 4 N–H and O–H groups in total. The minimum absolute atomic E-state index is 0.175. The van der Waals surface area contributed by atoms with Gasteiger partial charge in [0.05, 0.1) is 5.75 Å². The quantitative estimate of drug-likeness (QED) is 0.684. The molecule has 2 aromatic rings. The summed E-state index contributed by atoms with van der Waals surface area (Å²) < 4.78 is 0. The number of amides is 1. The molecule has 2 heterocycles. The minimum atomic E-state index is -0.175. The molecule has 0 radical (unpaired) electrons. The normalized spacial score (nSPS) is 10.9. The number of nitrogen functional groups attached to an aromatic ring is 1. The van der Waals surface area contributed by atoms with Gasteiger partial charge in [0.15, 0.2) is 0 Å². The molecule has 0 unspecified atom stereocenters. The van der Waals surface area contributed by atoms with Gasteiger partial charge in [-0.15, -0.1) is 15.3 Å². The first-order valence-corrected chi connectivity index (χ1v) is 7.76. The lowest BCUT2D eigenvalue weighted by Crippen LogP contribution is -2.13. The van der Waals surface area contributed by atoms with Crippen LogP contribution in [0, 0.1) is 5.92 Å². The SMILES string of the molecule is CC(C)Cc1nnc(NC(=O)CSc2n[nH]c(N)n2)s1. The van der Waals surface area contributed by atoms with Crippen LogP contribution >= 0.6 is 23.1 Å². The second-order valence-corrected chi connectivity index (χ2v) is 6.44. The third kappa shape index (κ3) is 4.46. The lowest BCUT2D eigenvalue weighted by atomic mass is 10.1. The Morgan fingerprint density at radius 2 is 2.30 bits per heavy atom. The molecular formula is C10H15N7OS2. The predicted octanol–water partition coefficient (Wildman–Crippen LogP) is 1.17. The summed E-state index contributed by atoms with van der Waals surface area (Å²) in [6, 6.07) is 0. The first-order valence-electron chi connectivity index (χ1n) is 5.96. The van der Waals surface area contributed by atoms with Crippen molar-refractivity contribution in [3.63, 3.8) is 0 Å². The van der Waals surface area contributed by atoms with Gasteiger partial charge < -0.3 is 5.73 Å². The maximum absolute atomic E-state index is 11.7. The van der Waals surface area contributed by atoms with Crippen LogP contribution in [-0.2, 0) is 11.2 Å². The summed E-state index contributed by atoms with van der Waals surface area (Å²) in [7, 11) is 0. The third-order valence-corrected chi connectivity index (χ3v) is 3.82. The number of aromatic nitrogens is 5. The van der Waals surface area contributed by atoms with Crippen molar-refractivity contribution in [3.8, 4) is 0 Å². The predicted molar refractivity (Wildman–Crippen MR) is 78.6 cm³/mol. The number of nitrogens with one attached hydrogen (secondary N) is 2. The molecule has 108 valence electrons. The van der Waals surface area contributed by atoms with Crippen LogP contribution in [0.5, 0.6) is 0 Å². The molecule has 0 aliphatic rings. The maximum atomic E-state index is 11.7. The van der Waals surface area contributed by atoms with E-state index in [0.29, 0.717) is 16.2 Å². The van der Waals surface area contributed by atoms with E-state index < -0.39 is 0 Å². The zero-order valence-corrected chi connectivity index (χ0v) is 12.7. The zero-order chi connectivity index (χ0) is 14.5. The molecule has 10 heteroatoms. The molecule has 2 rings (SSSR count). The Balaban J connectivity index is 1.80. The smallest absolute Gasteiger partial charge is 0.236 e. The van der Waals surface area contributed by atoms with Gasteiger partial charge >= 0.3 is 0 Å². The van der Waals surface area contributed by atoms with Crippen LogP contribution in [0.3, 0.4) is 0 Å². The van der Waals surface area contributed by atoms with E-state index in [1.54, 1.807) is 0 Å². The van der Waals surface area contributed by atoms with E-state index in [1.807, 2.05) is 0 Å². The third-order valence-electron chi connectivity index (χ3n) is 2.11. The van der Waals surface area contributed by atoms with Crippen LogP contribution in [-0.4, -0.2) is 37.0 Å². The summed E-state index contributed by atoms with van der Waals surface area (Å²) in [5.74, 6) is 0.760. The molecule has 0 aliphatic carbocycles. The van der Waals surface area contributed by atoms with Crippen molar-refractivity contribution in [2.24, 2.45) is 5.92 Å². The Hall–Kier alpha value is -1.68. The lowest BCUT2D eigenvalue weighted by molar-refractivity contribution is -0.113. The van der Waals surface area contributed by atoms with Crippen molar-refractivity contribution in [3.05, 3.63) is 5.01 Å². The number of anilines is 2. The van der Waals surface area contributed by atoms with E-state index in [1.165, 1.54) is 23.1 Å². The fourth-order valence-electron chi connectivity index (χ4n) is 1.34. The van der Waals surface area contributed by atoms with Crippen LogP contribution in [0.1, 0.15) is 18.9 Å². The highest BCUT2D eigenvalue weighted by atomic mass is 32.2. The standard InChI is InChI=1S/C10H15N7OS2/c1-5(2)3-7-14-17-10(20-7)12-6(18)4-19-9-13-8(11)15-16-9/h5H,3-4H2,1-2H3,(H,12,17,18)(H3,11,13,15,16). The first kappa shape index (κ1) is 14.7. The highest BCUT2D eigenvalue weighted by Crippen LogP contribution is 2.19. The van der Waals surface area contributed by atoms with E-state index in [4.69, 9.17) is 5.73 Å². The molecule has 0 spiro atoms. The maximum Gasteiger partial charge on any atom is 0.236 e. The van der Waals surface area contributed by atoms with Crippen molar-refractivity contribution < 1.29 is 4.79 Å². The molecular weight excluding hydrogens is 298 g/mol.